The first kappa shape index (κ1) is 15.3. The molecule has 1 aliphatic carbocycles. The van der Waals surface area contributed by atoms with E-state index in [0.717, 1.165) is 29.8 Å². The van der Waals surface area contributed by atoms with Gasteiger partial charge in [0.1, 0.15) is 0 Å². The van der Waals surface area contributed by atoms with Crippen molar-refractivity contribution in [1.82, 2.24) is 10.2 Å². The normalized spacial score (nSPS) is 37.1. The molecule has 1 saturated carbocycles. The molecule has 0 aromatic heterocycles. The molecule has 0 amide bonds. The molecule has 0 aromatic carbocycles. The summed E-state index contributed by atoms with van der Waals surface area (Å²) in [6.07, 6.45) is 7.03. The third-order valence-electron chi connectivity index (χ3n) is 5.45. The van der Waals surface area contributed by atoms with Gasteiger partial charge in [0.15, 0.2) is 0 Å². The predicted octanol–water partition coefficient (Wildman–Crippen LogP) is 3.52. The minimum absolute atomic E-state index is 0.733. The van der Waals surface area contributed by atoms with Crippen LogP contribution in [0.1, 0.15) is 59.8 Å². The van der Waals surface area contributed by atoms with Crippen molar-refractivity contribution in [3.8, 4) is 0 Å². The summed E-state index contributed by atoms with van der Waals surface area (Å²) in [4.78, 5) is 2.83. The smallest absolute Gasteiger partial charge is 0.0244 e. The van der Waals surface area contributed by atoms with Gasteiger partial charge in [-0.2, -0.15) is 0 Å². The van der Waals surface area contributed by atoms with Gasteiger partial charge in [-0.25, -0.2) is 0 Å². The van der Waals surface area contributed by atoms with Gasteiger partial charge in [-0.3, -0.25) is 4.90 Å². The van der Waals surface area contributed by atoms with Crippen molar-refractivity contribution >= 4 is 0 Å². The molecule has 2 nitrogen and oxygen atoms in total. The van der Waals surface area contributed by atoms with Crippen molar-refractivity contribution in [1.29, 1.82) is 0 Å². The first-order chi connectivity index (χ1) is 9.11. The molecule has 0 bridgehead atoms. The Morgan fingerprint density at radius 3 is 2.63 bits per heavy atom. The number of rotatable bonds is 5. The zero-order valence-electron chi connectivity index (χ0n) is 13.5. The number of nitrogens with one attached hydrogen (secondary N) is 1. The number of hydrogen-bond acceptors (Lipinski definition) is 2. The van der Waals surface area contributed by atoms with Crippen LogP contribution >= 0.6 is 0 Å². The molecule has 2 aliphatic rings. The lowest BCUT2D eigenvalue weighted by Gasteiger charge is -2.44. The molecule has 112 valence electrons. The quantitative estimate of drug-likeness (QED) is 0.819. The summed E-state index contributed by atoms with van der Waals surface area (Å²) < 4.78 is 0. The first-order valence-corrected chi connectivity index (χ1v) is 8.59. The summed E-state index contributed by atoms with van der Waals surface area (Å²) in [6, 6.07) is 1.48. The topological polar surface area (TPSA) is 15.3 Å². The van der Waals surface area contributed by atoms with Gasteiger partial charge < -0.3 is 5.32 Å². The van der Waals surface area contributed by atoms with Crippen LogP contribution in [0.2, 0.25) is 0 Å². The lowest BCUT2D eigenvalue weighted by atomic mass is 9.92. The van der Waals surface area contributed by atoms with E-state index in [1.807, 2.05) is 0 Å². The fourth-order valence-electron chi connectivity index (χ4n) is 4.10. The molecular weight excluding hydrogens is 232 g/mol. The Kier molecular flexibility index (Phi) is 5.70. The Balaban J connectivity index is 1.94. The summed E-state index contributed by atoms with van der Waals surface area (Å²) in [5.41, 5.74) is 0. The van der Waals surface area contributed by atoms with Crippen molar-refractivity contribution in [2.24, 2.45) is 17.8 Å². The fraction of sp³-hybridized carbons (Fsp3) is 1.00. The van der Waals surface area contributed by atoms with Gasteiger partial charge in [0, 0.05) is 31.7 Å². The lowest BCUT2D eigenvalue weighted by molar-refractivity contribution is 0.0733. The van der Waals surface area contributed by atoms with E-state index < -0.39 is 0 Å². The molecule has 1 N–H and O–H groups in total. The van der Waals surface area contributed by atoms with E-state index in [1.165, 1.54) is 51.7 Å². The van der Waals surface area contributed by atoms with E-state index in [0.29, 0.717) is 0 Å². The molecule has 0 aromatic rings. The Morgan fingerprint density at radius 1 is 1.26 bits per heavy atom. The molecule has 1 heterocycles. The van der Waals surface area contributed by atoms with Crippen LogP contribution in [0.3, 0.4) is 0 Å². The highest BCUT2D eigenvalue weighted by molar-refractivity contribution is 4.90. The molecule has 2 rings (SSSR count). The average Bonchev–Trinajstić information content (AvgIpc) is 2.75. The minimum Gasteiger partial charge on any atom is -0.311 e. The van der Waals surface area contributed by atoms with Gasteiger partial charge in [0.2, 0.25) is 0 Å². The third kappa shape index (κ3) is 3.95. The highest BCUT2D eigenvalue weighted by atomic mass is 15.2. The van der Waals surface area contributed by atoms with Crippen LogP contribution in [0, 0.1) is 17.8 Å². The summed E-state index contributed by atoms with van der Waals surface area (Å²) in [5.74, 6) is 2.68. The Morgan fingerprint density at radius 2 is 2.05 bits per heavy atom. The van der Waals surface area contributed by atoms with Crippen molar-refractivity contribution in [2.75, 3.05) is 19.6 Å². The van der Waals surface area contributed by atoms with Crippen LogP contribution in [-0.2, 0) is 0 Å². The maximum absolute atomic E-state index is 3.78. The maximum Gasteiger partial charge on any atom is 0.0244 e. The highest BCUT2D eigenvalue weighted by Crippen LogP contribution is 2.33. The summed E-state index contributed by atoms with van der Waals surface area (Å²) in [5, 5.41) is 3.78. The monoisotopic (exact) mass is 266 g/mol. The van der Waals surface area contributed by atoms with Crippen LogP contribution in [0.15, 0.2) is 0 Å². The van der Waals surface area contributed by atoms with E-state index in [4.69, 9.17) is 0 Å². The molecular formula is C17H34N2. The Labute approximate surface area is 120 Å². The lowest BCUT2D eigenvalue weighted by Crippen LogP contribution is -2.59. The molecule has 4 atom stereocenters. The average molecular weight is 266 g/mol. The summed E-state index contributed by atoms with van der Waals surface area (Å²) >= 11 is 0. The maximum atomic E-state index is 3.78. The molecule has 0 spiro atoms. The molecule has 19 heavy (non-hydrogen) atoms. The van der Waals surface area contributed by atoms with Gasteiger partial charge in [0.05, 0.1) is 0 Å². The number of nitrogens with zero attached hydrogens (tertiary/aromatic N) is 1. The highest BCUT2D eigenvalue weighted by Gasteiger charge is 2.33. The first-order valence-electron chi connectivity index (χ1n) is 8.59. The van der Waals surface area contributed by atoms with Crippen LogP contribution in [-0.4, -0.2) is 36.6 Å². The van der Waals surface area contributed by atoms with Crippen molar-refractivity contribution < 1.29 is 0 Å². The Hall–Kier alpha value is -0.0800. The van der Waals surface area contributed by atoms with E-state index in [9.17, 15) is 0 Å². The van der Waals surface area contributed by atoms with Crippen molar-refractivity contribution in [3.05, 3.63) is 0 Å². The van der Waals surface area contributed by atoms with Crippen LogP contribution < -0.4 is 5.32 Å². The second-order valence-corrected chi connectivity index (χ2v) is 7.33. The summed E-state index contributed by atoms with van der Waals surface area (Å²) in [6.45, 7) is 13.4. The van der Waals surface area contributed by atoms with Gasteiger partial charge in [-0.05, 0) is 30.6 Å². The molecule has 0 radical (unpaired) electrons. The largest absolute Gasteiger partial charge is 0.311 e. The van der Waals surface area contributed by atoms with Gasteiger partial charge in [-0.1, -0.05) is 47.0 Å². The molecule has 2 heteroatoms. The van der Waals surface area contributed by atoms with Crippen LogP contribution in [0.25, 0.3) is 0 Å². The second kappa shape index (κ2) is 7.08. The molecule has 1 saturated heterocycles. The van der Waals surface area contributed by atoms with Crippen molar-refractivity contribution in [2.45, 2.75) is 71.9 Å². The minimum atomic E-state index is 0.733. The SMILES string of the molecule is CCCC1CN(CC2CCCC2C)C(C(C)C)CN1. The van der Waals surface area contributed by atoms with Gasteiger partial charge in [0.25, 0.3) is 0 Å². The number of hydrogen-bond donors (Lipinski definition) is 1. The van der Waals surface area contributed by atoms with Crippen LogP contribution in [0.5, 0.6) is 0 Å². The van der Waals surface area contributed by atoms with E-state index in [1.54, 1.807) is 0 Å². The molecule has 1 aliphatic heterocycles. The summed E-state index contributed by atoms with van der Waals surface area (Å²) in [7, 11) is 0. The second-order valence-electron chi connectivity index (χ2n) is 7.33. The molecule has 4 unspecified atom stereocenters. The predicted molar refractivity (Wildman–Crippen MR) is 83.4 cm³/mol. The molecule has 2 fully saturated rings. The number of piperazine rings is 1. The van der Waals surface area contributed by atoms with Gasteiger partial charge >= 0.3 is 0 Å². The standard InChI is InChI=1S/C17H34N2/c1-5-7-16-12-19(17(10-18-16)13(2)3)11-15-9-6-8-14(15)4/h13-18H,5-12H2,1-4H3. The fourth-order valence-corrected chi connectivity index (χ4v) is 4.10. The third-order valence-corrected chi connectivity index (χ3v) is 5.45. The van der Waals surface area contributed by atoms with Crippen LogP contribution in [0.4, 0.5) is 0 Å². The van der Waals surface area contributed by atoms with E-state index in [2.05, 4.69) is 37.9 Å². The van der Waals surface area contributed by atoms with E-state index in [-0.39, 0.29) is 0 Å². The Bertz CT molecular complexity index is 264. The van der Waals surface area contributed by atoms with E-state index >= 15 is 0 Å². The van der Waals surface area contributed by atoms with Crippen molar-refractivity contribution in [3.63, 3.8) is 0 Å². The van der Waals surface area contributed by atoms with Gasteiger partial charge in [-0.15, -0.1) is 0 Å². The zero-order valence-corrected chi connectivity index (χ0v) is 13.5. The zero-order chi connectivity index (χ0) is 13.8.